The van der Waals surface area contributed by atoms with Gasteiger partial charge in [0.25, 0.3) is 0 Å². The number of rotatable bonds is 6. The topological polar surface area (TPSA) is 9.23 Å². The summed E-state index contributed by atoms with van der Waals surface area (Å²) in [5, 5.41) is 0. The Kier molecular flexibility index (Phi) is 7.32. The van der Waals surface area contributed by atoms with E-state index in [2.05, 4.69) is 148 Å². The molecule has 0 saturated carbocycles. The molecule has 36 heavy (non-hydrogen) atoms. The fourth-order valence-electron chi connectivity index (χ4n) is 4.81. The first-order chi connectivity index (χ1) is 17.5. The van der Waals surface area contributed by atoms with Gasteiger partial charge < -0.3 is 0 Å². The summed E-state index contributed by atoms with van der Waals surface area (Å²) in [6.45, 7) is 6.94. The predicted octanol–water partition coefficient (Wildman–Crippen LogP) is 8.79. The molecule has 0 atom stereocenters. The first-order valence-electron chi connectivity index (χ1n) is 12.6. The zero-order valence-corrected chi connectivity index (χ0v) is 22.8. The molecular weight excluding hydrogens is 472 g/mol. The van der Waals surface area contributed by atoms with Crippen LogP contribution in [0.3, 0.4) is 0 Å². The van der Waals surface area contributed by atoms with E-state index < -0.39 is 17.8 Å². The van der Waals surface area contributed by atoms with Gasteiger partial charge in [-0.05, 0) is 0 Å². The van der Waals surface area contributed by atoms with Crippen molar-refractivity contribution in [3.8, 4) is 16.9 Å². The standard InChI is InChI=1S/C13H10.C12H10O.C9H13.Ti/c1-3-7-12(8-4-1)11-13-9-5-2-6-10-13;13-12-8-4-7-11(9-12)10-5-2-1-3-6-10;1-9(2,3)8-6-4-5-7-8;/h1-10H;1-9,13H;4,6H,5H2,1-3H3;/q;;;+1/p-1. The van der Waals surface area contributed by atoms with Crippen molar-refractivity contribution in [2.24, 2.45) is 5.41 Å². The monoisotopic (exact) mass is 504 g/mol. The van der Waals surface area contributed by atoms with Crippen LogP contribution >= 0.6 is 0 Å². The predicted molar refractivity (Wildman–Crippen MR) is 149 cm³/mol. The van der Waals surface area contributed by atoms with Crippen LogP contribution in [-0.2, 0) is 17.8 Å². The molecule has 1 aliphatic carbocycles. The van der Waals surface area contributed by atoms with Crippen molar-refractivity contribution in [3.63, 3.8) is 0 Å². The summed E-state index contributed by atoms with van der Waals surface area (Å²) in [6.07, 6.45) is 5.61. The molecule has 0 fully saturated rings. The zero-order chi connectivity index (χ0) is 25.0. The Morgan fingerprint density at radius 3 is 1.81 bits per heavy atom. The van der Waals surface area contributed by atoms with Crippen LogP contribution < -0.4 is 3.32 Å². The van der Waals surface area contributed by atoms with Crippen molar-refractivity contribution in [3.05, 3.63) is 148 Å². The summed E-state index contributed by atoms with van der Waals surface area (Å²) in [6, 6.07) is 40.8. The Bertz CT molecular complexity index is 1380. The number of allylic oxidation sites excluding steroid dienone is 4. The van der Waals surface area contributed by atoms with Gasteiger partial charge in [0.2, 0.25) is 0 Å². The van der Waals surface area contributed by atoms with Crippen LogP contribution in [-0.4, -0.2) is 3.81 Å². The summed E-state index contributed by atoms with van der Waals surface area (Å²) in [4.78, 5) is 0. The van der Waals surface area contributed by atoms with Crippen LogP contribution in [0.5, 0.6) is 5.75 Å². The van der Waals surface area contributed by atoms with E-state index in [0.717, 1.165) is 12.2 Å². The van der Waals surface area contributed by atoms with Gasteiger partial charge in [-0.3, -0.25) is 0 Å². The maximum absolute atomic E-state index is 7.19. The summed E-state index contributed by atoms with van der Waals surface area (Å²) in [5.41, 5.74) is 6.39. The number of hydrogen-bond donors (Lipinski definition) is 0. The molecule has 5 rings (SSSR count). The average Bonchev–Trinajstić information content (AvgIpc) is 3.41. The molecule has 0 amide bonds. The van der Waals surface area contributed by atoms with Crippen LogP contribution in [0, 0.1) is 5.41 Å². The molecule has 0 heterocycles. The van der Waals surface area contributed by atoms with Gasteiger partial charge in [0, 0.05) is 0 Å². The van der Waals surface area contributed by atoms with Crippen molar-refractivity contribution in [2.45, 2.75) is 27.2 Å². The van der Waals surface area contributed by atoms with Gasteiger partial charge in [0.05, 0.1) is 0 Å². The molecule has 1 nitrogen and oxygen atoms in total. The quantitative estimate of drug-likeness (QED) is 0.239. The molecule has 0 unspecified atom stereocenters. The molecule has 0 saturated heterocycles. The van der Waals surface area contributed by atoms with Crippen LogP contribution in [0.2, 0.25) is 0 Å². The summed E-state index contributed by atoms with van der Waals surface area (Å²) < 4.78 is 10.0. The molecule has 0 aromatic heterocycles. The fourth-order valence-corrected chi connectivity index (χ4v) is 9.11. The molecule has 2 heteroatoms. The van der Waals surface area contributed by atoms with Gasteiger partial charge in [-0.25, -0.2) is 0 Å². The van der Waals surface area contributed by atoms with Crippen molar-refractivity contribution in [2.75, 3.05) is 0 Å². The number of benzene rings is 4. The normalized spacial score (nSPS) is 13.1. The zero-order valence-electron chi connectivity index (χ0n) is 21.2. The van der Waals surface area contributed by atoms with Crippen LogP contribution in [0.15, 0.2) is 137 Å². The van der Waals surface area contributed by atoms with Crippen molar-refractivity contribution < 1.29 is 21.1 Å². The molecule has 0 spiro atoms. The second kappa shape index (κ2) is 10.8. The third-order valence-electron chi connectivity index (χ3n) is 6.53. The summed E-state index contributed by atoms with van der Waals surface area (Å²) in [5.74, 6) is 0.948. The maximum atomic E-state index is 7.19. The molecule has 0 N–H and O–H groups in total. The van der Waals surface area contributed by atoms with E-state index in [4.69, 9.17) is 3.32 Å². The third-order valence-corrected chi connectivity index (χ3v) is 10.4. The van der Waals surface area contributed by atoms with E-state index in [1.165, 1.54) is 35.5 Å². The SMILES string of the molecule is CC(C)(C)C1=[C]([Ti]([O]c2cccc(-c3ccccc3)c2)=[C](c2ccccc2)c2ccccc2)CC=C1. The van der Waals surface area contributed by atoms with E-state index in [1.807, 2.05) is 0 Å². The average molecular weight is 504 g/mol. The second-order valence-electron chi connectivity index (χ2n) is 10.2. The molecule has 4 aromatic carbocycles. The molecular formula is C34H32OTi. The Labute approximate surface area is 221 Å². The Hall–Kier alpha value is -3.26. The fraction of sp³-hybridized carbons (Fsp3) is 0.147. The first-order valence-corrected chi connectivity index (χ1v) is 14.8. The van der Waals surface area contributed by atoms with Gasteiger partial charge in [-0.1, -0.05) is 0 Å². The van der Waals surface area contributed by atoms with Crippen LogP contribution in [0.1, 0.15) is 38.3 Å². The minimum absolute atomic E-state index is 0.0638. The van der Waals surface area contributed by atoms with E-state index in [1.54, 1.807) is 0 Å². The first kappa shape index (κ1) is 24.4. The Morgan fingerprint density at radius 1 is 0.667 bits per heavy atom. The van der Waals surface area contributed by atoms with E-state index in [9.17, 15) is 0 Å². The van der Waals surface area contributed by atoms with Crippen molar-refractivity contribution in [1.82, 2.24) is 0 Å². The van der Waals surface area contributed by atoms with Crippen LogP contribution in [0.4, 0.5) is 0 Å². The summed E-state index contributed by atoms with van der Waals surface area (Å²) in [7, 11) is 0. The van der Waals surface area contributed by atoms with Crippen molar-refractivity contribution >= 4 is 3.81 Å². The van der Waals surface area contributed by atoms with Gasteiger partial charge in [0.15, 0.2) is 0 Å². The second-order valence-corrected chi connectivity index (χ2v) is 13.3. The van der Waals surface area contributed by atoms with E-state index >= 15 is 0 Å². The van der Waals surface area contributed by atoms with Gasteiger partial charge in [-0.2, -0.15) is 0 Å². The Balaban J connectivity index is 1.74. The molecule has 1 aliphatic rings. The van der Waals surface area contributed by atoms with Gasteiger partial charge in [-0.15, -0.1) is 0 Å². The third kappa shape index (κ3) is 5.43. The molecule has 4 aromatic rings. The number of hydrogen-bond acceptors (Lipinski definition) is 1. The molecule has 0 bridgehead atoms. The van der Waals surface area contributed by atoms with E-state index in [0.29, 0.717) is 0 Å². The van der Waals surface area contributed by atoms with Gasteiger partial charge in [0.1, 0.15) is 0 Å². The summed E-state index contributed by atoms with van der Waals surface area (Å²) >= 11 is -2.50. The molecule has 0 aliphatic heterocycles. The molecule has 0 radical (unpaired) electrons. The minimum atomic E-state index is -2.50. The molecule has 178 valence electrons. The van der Waals surface area contributed by atoms with E-state index in [-0.39, 0.29) is 5.41 Å². The van der Waals surface area contributed by atoms with Crippen LogP contribution in [0.25, 0.3) is 11.1 Å². The van der Waals surface area contributed by atoms with Crippen molar-refractivity contribution in [1.29, 1.82) is 0 Å². The Morgan fingerprint density at radius 2 is 1.22 bits per heavy atom. The van der Waals surface area contributed by atoms with Gasteiger partial charge >= 0.3 is 222 Å².